The van der Waals surface area contributed by atoms with Gasteiger partial charge in [0.25, 0.3) is 0 Å². The normalized spacial score (nSPS) is 40.0. The van der Waals surface area contributed by atoms with Crippen molar-refractivity contribution in [3.63, 3.8) is 0 Å². The minimum atomic E-state index is 0.0556. The lowest BCUT2D eigenvalue weighted by molar-refractivity contribution is -0.117. The van der Waals surface area contributed by atoms with Gasteiger partial charge in [-0.15, -0.1) is 0 Å². The lowest BCUT2D eigenvalue weighted by Gasteiger charge is -2.25. The third-order valence-corrected chi connectivity index (χ3v) is 3.15. The summed E-state index contributed by atoms with van der Waals surface area (Å²) in [6.07, 6.45) is 5.82. The van der Waals surface area contributed by atoms with E-state index < -0.39 is 0 Å². The number of aldehydes is 1. The Labute approximate surface area is 62.8 Å². The molecule has 0 aromatic heterocycles. The van der Waals surface area contributed by atoms with Crippen LogP contribution in [0.4, 0.5) is 0 Å². The third-order valence-electron chi connectivity index (χ3n) is 3.15. The lowest BCUT2D eigenvalue weighted by atomic mass is 9.78. The molecule has 1 fully saturated rings. The molecule has 1 aliphatic rings. The van der Waals surface area contributed by atoms with Crippen molar-refractivity contribution in [3.05, 3.63) is 0 Å². The van der Waals surface area contributed by atoms with Gasteiger partial charge in [-0.2, -0.15) is 0 Å². The number of carbonyl (C=O) groups excluding carboxylic acids is 1. The van der Waals surface area contributed by atoms with Gasteiger partial charge >= 0.3 is 0 Å². The molecule has 0 saturated heterocycles. The highest BCUT2D eigenvalue weighted by molar-refractivity contribution is 5.60. The highest BCUT2D eigenvalue weighted by Crippen LogP contribution is 2.43. The van der Waals surface area contributed by atoms with Gasteiger partial charge in [0.15, 0.2) is 0 Å². The van der Waals surface area contributed by atoms with Gasteiger partial charge in [-0.1, -0.05) is 20.3 Å². The second kappa shape index (κ2) is 2.73. The molecule has 0 spiro atoms. The van der Waals surface area contributed by atoms with Gasteiger partial charge < -0.3 is 4.79 Å². The number of rotatable bonds is 2. The van der Waals surface area contributed by atoms with E-state index >= 15 is 0 Å². The lowest BCUT2D eigenvalue weighted by Crippen LogP contribution is -2.24. The first kappa shape index (κ1) is 7.77. The van der Waals surface area contributed by atoms with Gasteiger partial charge in [-0.3, -0.25) is 0 Å². The Morgan fingerprint density at radius 1 is 1.70 bits per heavy atom. The van der Waals surface area contributed by atoms with E-state index in [2.05, 4.69) is 13.8 Å². The average Bonchev–Trinajstić information content (AvgIpc) is 2.32. The molecule has 0 aromatic rings. The van der Waals surface area contributed by atoms with Crippen molar-refractivity contribution < 1.29 is 4.79 Å². The van der Waals surface area contributed by atoms with Crippen molar-refractivity contribution in [2.24, 2.45) is 11.3 Å². The summed E-state index contributed by atoms with van der Waals surface area (Å²) in [6, 6.07) is 0. The van der Waals surface area contributed by atoms with E-state index in [4.69, 9.17) is 0 Å². The first-order valence-corrected chi connectivity index (χ1v) is 4.21. The largest absolute Gasteiger partial charge is 0.303 e. The van der Waals surface area contributed by atoms with Crippen molar-refractivity contribution in [3.8, 4) is 0 Å². The zero-order chi connectivity index (χ0) is 7.61. The summed E-state index contributed by atoms with van der Waals surface area (Å²) < 4.78 is 0. The number of hydrogen-bond donors (Lipinski definition) is 0. The van der Waals surface area contributed by atoms with Crippen molar-refractivity contribution in [1.29, 1.82) is 0 Å². The molecule has 1 saturated carbocycles. The SMILES string of the molecule is CCC1(C=O)CCCC1C. The molecule has 0 radical (unpaired) electrons. The maximum atomic E-state index is 10.8. The first-order chi connectivity index (χ1) is 4.75. The molecular weight excluding hydrogens is 124 g/mol. The summed E-state index contributed by atoms with van der Waals surface area (Å²) >= 11 is 0. The Kier molecular flexibility index (Phi) is 2.12. The third kappa shape index (κ3) is 0.979. The van der Waals surface area contributed by atoms with Crippen LogP contribution in [0.5, 0.6) is 0 Å². The second-order valence-corrected chi connectivity index (χ2v) is 3.50. The fourth-order valence-electron chi connectivity index (χ4n) is 2.05. The van der Waals surface area contributed by atoms with Crippen molar-refractivity contribution in [2.45, 2.75) is 39.5 Å². The van der Waals surface area contributed by atoms with E-state index in [9.17, 15) is 4.79 Å². The van der Waals surface area contributed by atoms with E-state index in [0.29, 0.717) is 5.92 Å². The maximum absolute atomic E-state index is 10.8. The van der Waals surface area contributed by atoms with Crippen LogP contribution in [0.3, 0.4) is 0 Å². The molecule has 1 rings (SSSR count). The average molecular weight is 140 g/mol. The second-order valence-electron chi connectivity index (χ2n) is 3.50. The van der Waals surface area contributed by atoms with Crippen LogP contribution in [0.25, 0.3) is 0 Å². The molecule has 10 heavy (non-hydrogen) atoms. The molecule has 0 heterocycles. The Balaban J connectivity index is 2.70. The van der Waals surface area contributed by atoms with Crippen LogP contribution in [0.2, 0.25) is 0 Å². The van der Waals surface area contributed by atoms with Crippen molar-refractivity contribution >= 4 is 6.29 Å². The molecule has 0 amide bonds. The highest BCUT2D eigenvalue weighted by atomic mass is 16.1. The van der Waals surface area contributed by atoms with Crippen molar-refractivity contribution in [2.75, 3.05) is 0 Å². The zero-order valence-electron chi connectivity index (χ0n) is 6.89. The summed E-state index contributed by atoms with van der Waals surface area (Å²) in [5.41, 5.74) is 0.0556. The molecule has 1 nitrogen and oxygen atoms in total. The molecule has 0 aliphatic heterocycles. The predicted octanol–water partition coefficient (Wildman–Crippen LogP) is 2.40. The summed E-state index contributed by atoms with van der Waals surface area (Å²) in [6.45, 7) is 4.32. The standard InChI is InChI=1S/C9H16O/c1-3-9(7-10)6-4-5-8(9)2/h7-8H,3-6H2,1-2H3. The fourth-order valence-corrected chi connectivity index (χ4v) is 2.05. The van der Waals surface area contributed by atoms with Crippen LogP contribution in [-0.2, 0) is 4.79 Å². The minimum absolute atomic E-state index is 0.0556. The fraction of sp³-hybridized carbons (Fsp3) is 0.889. The monoisotopic (exact) mass is 140 g/mol. The van der Waals surface area contributed by atoms with Gasteiger partial charge in [0.1, 0.15) is 6.29 Å². The van der Waals surface area contributed by atoms with Gasteiger partial charge in [-0.05, 0) is 25.2 Å². The zero-order valence-corrected chi connectivity index (χ0v) is 6.89. The van der Waals surface area contributed by atoms with Crippen LogP contribution in [-0.4, -0.2) is 6.29 Å². The summed E-state index contributed by atoms with van der Waals surface area (Å²) in [7, 11) is 0. The van der Waals surface area contributed by atoms with Crippen LogP contribution in [0.1, 0.15) is 39.5 Å². The topological polar surface area (TPSA) is 17.1 Å². The van der Waals surface area contributed by atoms with Crippen LogP contribution >= 0.6 is 0 Å². The van der Waals surface area contributed by atoms with Crippen LogP contribution < -0.4 is 0 Å². The van der Waals surface area contributed by atoms with Crippen LogP contribution in [0, 0.1) is 11.3 Å². The molecule has 2 unspecified atom stereocenters. The van der Waals surface area contributed by atoms with E-state index in [-0.39, 0.29) is 5.41 Å². The van der Waals surface area contributed by atoms with Gasteiger partial charge in [-0.25, -0.2) is 0 Å². The minimum Gasteiger partial charge on any atom is -0.303 e. The van der Waals surface area contributed by atoms with Gasteiger partial charge in [0.2, 0.25) is 0 Å². The smallest absolute Gasteiger partial charge is 0.126 e. The molecule has 58 valence electrons. The molecule has 1 heteroatoms. The molecule has 0 bridgehead atoms. The van der Waals surface area contributed by atoms with Crippen molar-refractivity contribution in [1.82, 2.24) is 0 Å². The molecule has 0 aromatic carbocycles. The quantitative estimate of drug-likeness (QED) is 0.538. The summed E-state index contributed by atoms with van der Waals surface area (Å²) in [5.74, 6) is 0.620. The molecule has 2 atom stereocenters. The Hall–Kier alpha value is -0.330. The first-order valence-electron chi connectivity index (χ1n) is 4.21. The summed E-state index contributed by atoms with van der Waals surface area (Å²) in [4.78, 5) is 10.8. The number of carbonyl (C=O) groups is 1. The van der Waals surface area contributed by atoms with Gasteiger partial charge in [0, 0.05) is 5.41 Å². The van der Waals surface area contributed by atoms with E-state index in [1.165, 1.54) is 19.1 Å². The molecular formula is C9H16O. The summed E-state index contributed by atoms with van der Waals surface area (Å²) in [5, 5.41) is 0. The Morgan fingerprint density at radius 3 is 2.60 bits per heavy atom. The molecule has 0 N–H and O–H groups in total. The van der Waals surface area contributed by atoms with Crippen LogP contribution in [0.15, 0.2) is 0 Å². The Morgan fingerprint density at radius 2 is 2.40 bits per heavy atom. The predicted molar refractivity (Wildman–Crippen MR) is 41.8 cm³/mol. The molecule has 1 aliphatic carbocycles. The Bertz CT molecular complexity index is 131. The van der Waals surface area contributed by atoms with Gasteiger partial charge in [0.05, 0.1) is 0 Å². The van der Waals surface area contributed by atoms with E-state index in [1.54, 1.807) is 0 Å². The number of hydrogen-bond acceptors (Lipinski definition) is 1. The van der Waals surface area contributed by atoms with E-state index in [1.807, 2.05) is 0 Å². The van der Waals surface area contributed by atoms with E-state index in [0.717, 1.165) is 12.8 Å². The maximum Gasteiger partial charge on any atom is 0.126 e. The highest BCUT2D eigenvalue weighted by Gasteiger charge is 2.37.